The Bertz CT molecular complexity index is 596. The molecule has 2 fully saturated rings. The summed E-state index contributed by atoms with van der Waals surface area (Å²) in [6.45, 7) is 3.62. The summed E-state index contributed by atoms with van der Waals surface area (Å²) >= 11 is 0. The highest BCUT2D eigenvalue weighted by atomic mass is 19.1. The van der Waals surface area contributed by atoms with Gasteiger partial charge in [-0.15, -0.1) is 0 Å². The lowest BCUT2D eigenvalue weighted by Crippen LogP contribution is -2.34. The molecule has 1 aromatic rings. The van der Waals surface area contributed by atoms with E-state index in [0.717, 1.165) is 5.92 Å². The maximum atomic E-state index is 13.8. The molecule has 1 aliphatic carbocycles. The maximum Gasteiger partial charge on any atom is 0.183 e. The van der Waals surface area contributed by atoms with Gasteiger partial charge in [0.1, 0.15) is 11.9 Å². The molecule has 4 heteroatoms. The van der Waals surface area contributed by atoms with Crippen molar-refractivity contribution in [2.45, 2.75) is 58.2 Å². The molecule has 0 radical (unpaired) electrons. The molecule has 2 aliphatic rings. The van der Waals surface area contributed by atoms with Gasteiger partial charge in [0.2, 0.25) is 0 Å². The highest BCUT2D eigenvalue weighted by molar-refractivity contribution is 5.33. The highest BCUT2D eigenvalue weighted by Crippen LogP contribution is 2.38. The second-order valence-electron chi connectivity index (χ2n) is 7.53. The number of rotatable bonds is 5. The first kappa shape index (κ1) is 18.4. The van der Waals surface area contributed by atoms with Crippen LogP contribution < -0.4 is 0 Å². The largest absolute Gasteiger partial charge is 0.348 e. The molecule has 0 N–H and O–H groups in total. The third-order valence-electron chi connectivity index (χ3n) is 5.83. The Hall–Kier alpha value is -1.44. The van der Waals surface area contributed by atoms with Gasteiger partial charge in [-0.3, -0.25) is 0 Å². The minimum Gasteiger partial charge on any atom is -0.348 e. The molecular formula is C21H28FNO2. The molecule has 1 aliphatic heterocycles. The third-order valence-corrected chi connectivity index (χ3v) is 5.83. The molecule has 3 nitrogen and oxygen atoms in total. The Morgan fingerprint density at radius 3 is 2.44 bits per heavy atom. The lowest BCUT2D eigenvalue weighted by molar-refractivity contribution is -0.214. The van der Waals surface area contributed by atoms with Gasteiger partial charge in [-0.1, -0.05) is 45.1 Å². The summed E-state index contributed by atoms with van der Waals surface area (Å²) in [7, 11) is 0. The molecular weight excluding hydrogens is 317 g/mol. The standard InChI is InChI=1S/C21H28FNO2/c1-2-3-4-15-5-7-16(8-6-15)19-13-24-21(25-14-19)17-9-10-18(12-23)20(22)11-17/h9-11,15-16,19,21H,2-8,13-14H2,1H3/t15?,16?,19-,21-. The van der Waals surface area contributed by atoms with E-state index in [1.807, 2.05) is 6.07 Å². The van der Waals surface area contributed by atoms with Crippen molar-refractivity contribution in [2.75, 3.05) is 13.2 Å². The molecule has 0 spiro atoms. The van der Waals surface area contributed by atoms with Crippen molar-refractivity contribution in [3.8, 4) is 6.07 Å². The number of halogens is 1. The monoisotopic (exact) mass is 345 g/mol. The number of benzene rings is 1. The van der Waals surface area contributed by atoms with Crippen molar-refractivity contribution in [1.82, 2.24) is 0 Å². The van der Waals surface area contributed by atoms with Crippen LogP contribution in [0.5, 0.6) is 0 Å². The van der Waals surface area contributed by atoms with Crippen molar-refractivity contribution in [2.24, 2.45) is 17.8 Å². The fourth-order valence-corrected chi connectivity index (χ4v) is 4.19. The molecule has 25 heavy (non-hydrogen) atoms. The quantitative estimate of drug-likeness (QED) is 0.722. The van der Waals surface area contributed by atoms with E-state index in [1.165, 1.54) is 57.1 Å². The van der Waals surface area contributed by atoms with E-state index < -0.39 is 12.1 Å². The summed E-state index contributed by atoms with van der Waals surface area (Å²) in [5, 5.41) is 8.81. The molecule has 1 heterocycles. The molecule has 0 atom stereocenters. The van der Waals surface area contributed by atoms with Gasteiger partial charge >= 0.3 is 0 Å². The predicted molar refractivity (Wildman–Crippen MR) is 94.2 cm³/mol. The van der Waals surface area contributed by atoms with E-state index in [2.05, 4.69) is 6.92 Å². The van der Waals surface area contributed by atoms with Gasteiger partial charge in [-0.25, -0.2) is 4.39 Å². The number of nitriles is 1. The van der Waals surface area contributed by atoms with Gasteiger partial charge in [0.25, 0.3) is 0 Å². The molecule has 0 bridgehead atoms. The summed E-state index contributed by atoms with van der Waals surface area (Å²) in [6.07, 6.45) is 8.75. The first-order chi connectivity index (χ1) is 12.2. The Labute approximate surface area is 150 Å². The summed E-state index contributed by atoms with van der Waals surface area (Å²) < 4.78 is 25.5. The lowest BCUT2D eigenvalue weighted by atomic mass is 9.75. The molecule has 136 valence electrons. The summed E-state index contributed by atoms with van der Waals surface area (Å²) in [5.74, 6) is 1.54. The van der Waals surface area contributed by atoms with Crippen molar-refractivity contribution in [1.29, 1.82) is 5.26 Å². The fraction of sp³-hybridized carbons (Fsp3) is 0.667. The van der Waals surface area contributed by atoms with Crippen molar-refractivity contribution >= 4 is 0 Å². The smallest absolute Gasteiger partial charge is 0.183 e. The molecule has 0 amide bonds. The molecule has 1 aromatic carbocycles. The van der Waals surface area contributed by atoms with Gasteiger partial charge < -0.3 is 9.47 Å². The normalized spacial score (nSPS) is 30.0. The first-order valence-corrected chi connectivity index (χ1v) is 9.64. The summed E-state index contributed by atoms with van der Waals surface area (Å²) in [5.41, 5.74) is 0.704. The van der Waals surface area contributed by atoms with Gasteiger partial charge in [-0.2, -0.15) is 5.26 Å². The second kappa shape index (κ2) is 8.78. The van der Waals surface area contributed by atoms with E-state index in [4.69, 9.17) is 14.7 Å². The van der Waals surface area contributed by atoms with Crippen molar-refractivity contribution in [3.05, 3.63) is 35.1 Å². The zero-order valence-electron chi connectivity index (χ0n) is 15.0. The Balaban J connectivity index is 1.48. The summed E-state index contributed by atoms with van der Waals surface area (Å²) in [4.78, 5) is 0. The van der Waals surface area contributed by atoms with Crippen LogP contribution in [0, 0.1) is 34.9 Å². The van der Waals surface area contributed by atoms with Gasteiger partial charge in [-0.05, 0) is 36.8 Å². The lowest BCUT2D eigenvalue weighted by Gasteiger charge is -2.38. The van der Waals surface area contributed by atoms with E-state index in [9.17, 15) is 4.39 Å². The van der Waals surface area contributed by atoms with Crippen LogP contribution in [0.2, 0.25) is 0 Å². The number of hydrogen-bond donors (Lipinski definition) is 0. The Morgan fingerprint density at radius 1 is 1.12 bits per heavy atom. The Kier molecular flexibility index (Phi) is 6.45. The maximum absolute atomic E-state index is 13.8. The average Bonchev–Trinajstić information content (AvgIpc) is 2.67. The molecule has 3 rings (SSSR count). The van der Waals surface area contributed by atoms with Crippen LogP contribution in [0.15, 0.2) is 18.2 Å². The number of nitrogens with zero attached hydrogens (tertiary/aromatic N) is 1. The van der Waals surface area contributed by atoms with Crippen LogP contribution in [-0.2, 0) is 9.47 Å². The SMILES string of the molecule is CCCCC1CCC([C@H]2CO[C@H](c3ccc(C#N)c(F)c3)OC2)CC1. The first-order valence-electron chi connectivity index (χ1n) is 9.64. The van der Waals surface area contributed by atoms with E-state index in [1.54, 1.807) is 6.07 Å². The number of hydrogen-bond acceptors (Lipinski definition) is 3. The van der Waals surface area contributed by atoms with Gasteiger partial charge in [0, 0.05) is 11.5 Å². The second-order valence-corrected chi connectivity index (χ2v) is 7.53. The van der Waals surface area contributed by atoms with Crippen LogP contribution in [0.25, 0.3) is 0 Å². The average molecular weight is 345 g/mol. The van der Waals surface area contributed by atoms with E-state index in [-0.39, 0.29) is 5.56 Å². The minimum atomic E-state index is -0.514. The fourth-order valence-electron chi connectivity index (χ4n) is 4.19. The van der Waals surface area contributed by atoms with E-state index in [0.29, 0.717) is 30.6 Å². The zero-order valence-corrected chi connectivity index (χ0v) is 15.0. The molecule has 0 unspecified atom stereocenters. The molecule has 1 saturated carbocycles. The van der Waals surface area contributed by atoms with Crippen LogP contribution in [-0.4, -0.2) is 13.2 Å². The third kappa shape index (κ3) is 4.59. The predicted octanol–water partition coefficient (Wildman–Crippen LogP) is 5.36. The number of ether oxygens (including phenoxy) is 2. The van der Waals surface area contributed by atoms with E-state index >= 15 is 0 Å². The highest BCUT2D eigenvalue weighted by Gasteiger charge is 2.32. The molecule has 1 saturated heterocycles. The zero-order chi connectivity index (χ0) is 17.6. The topological polar surface area (TPSA) is 42.2 Å². The van der Waals surface area contributed by atoms with Crippen LogP contribution in [0.4, 0.5) is 4.39 Å². The van der Waals surface area contributed by atoms with Crippen molar-refractivity contribution in [3.63, 3.8) is 0 Å². The van der Waals surface area contributed by atoms with Crippen molar-refractivity contribution < 1.29 is 13.9 Å². The van der Waals surface area contributed by atoms with Gasteiger partial charge in [0.05, 0.1) is 18.8 Å². The van der Waals surface area contributed by atoms with Crippen LogP contribution in [0.3, 0.4) is 0 Å². The minimum absolute atomic E-state index is 0.0530. The molecule has 0 aromatic heterocycles. The van der Waals surface area contributed by atoms with Gasteiger partial charge in [0.15, 0.2) is 6.29 Å². The van der Waals surface area contributed by atoms with Crippen LogP contribution >= 0.6 is 0 Å². The number of unbranched alkanes of at least 4 members (excludes halogenated alkanes) is 1. The van der Waals surface area contributed by atoms with Crippen LogP contribution in [0.1, 0.15) is 69.3 Å². The Morgan fingerprint density at radius 2 is 1.84 bits per heavy atom. The summed E-state index contributed by atoms with van der Waals surface area (Å²) in [6, 6.07) is 6.39.